The van der Waals surface area contributed by atoms with Crippen LogP contribution in [-0.2, 0) is 16.1 Å². The van der Waals surface area contributed by atoms with E-state index >= 15 is 0 Å². The minimum absolute atomic E-state index is 0.00657. The number of hydrogen-bond acceptors (Lipinski definition) is 5. The molecular formula is C20H18BrFN4O2S. The van der Waals surface area contributed by atoms with Crippen molar-refractivity contribution in [3.05, 3.63) is 69.9 Å². The third-order valence-electron chi connectivity index (χ3n) is 4.08. The Hall–Kier alpha value is -2.52. The van der Waals surface area contributed by atoms with Crippen molar-refractivity contribution in [2.45, 2.75) is 18.2 Å². The van der Waals surface area contributed by atoms with Crippen LogP contribution in [0.5, 0.6) is 0 Å². The fourth-order valence-electron chi connectivity index (χ4n) is 2.61. The third kappa shape index (κ3) is 5.51. The molecule has 0 aliphatic carbocycles. The van der Waals surface area contributed by atoms with Gasteiger partial charge >= 0.3 is 0 Å². The molecule has 150 valence electrons. The van der Waals surface area contributed by atoms with Crippen LogP contribution < -0.4 is 5.32 Å². The highest BCUT2D eigenvalue weighted by Gasteiger charge is 2.39. The number of aliphatic imine (C=N–C) groups is 1. The number of halogens is 2. The number of thioether (sulfide) groups is 1. The zero-order valence-corrected chi connectivity index (χ0v) is 17.9. The van der Waals surface area contributed by atoms with Gasteiger partial charge in [-0.2, -0.15) is 10.1 Å². The van der Waals surface area contributed by atoms with Gasteiger partial charge in [0.05, 0.1) is 6.21 Å². The summed E-state index contributed by atoms with van der Waals surface area (Å²) in [5, 5.41) is 7.75. The van der Waals surface area contributed by atoms with E-state index in [1.54, 1.807) is 12.1 Å². The largest absolute Gasteiger partial charge is 0.352 e. The van der Waals surface area contributed by atoms with Crippen molar-refractivity contribution < 1.29 is 14.0 Å². The fourth-order valence-corrected chi connectivity index (χ4v) is 4.02. The maximum Gasteiger partial charge on any atom is 0.263 e. The van der Waals surface area contributed by atoms with Crippen molar-refractivity contribution in [1.82, 2.24) is 10.3 Å². The first kappa shape index (κ1) is 21.2. The Kier molecular flexibility index (Phi) is 7.16. The summed E-state index contributed by atoms with van der Waals surface area (Å²) < 4.78 is 14.6. The van der Waals surface area contributed by atoms with Gasteiger partial charge in [0.1, 0.15) is 11.1 Å². The molecule has 1 N–H and O–H groups in total. The van der Waals surface area contributed by atoms with E-state index in [0.717, 1.165) is 10.6 Å². The van der Waals surface area contributed by atoms with E-state index in [2.05, 4.69) is 31.3 Å². The third-order valence-corrected chi connectivity index (χ3v) is 5.79. The van der Waals surface area contributed by atoms with Crippen LogP contribution in [0.15, 0.2) is 63.1 Å². The van der Waals surface area contributed by atoms with Gasteiger partial charge < -0.3 is 5.32 Å². The molecule has 0 aromatic heterocycles. The maximum atomic E-state index is 13.9. The fraction of sp³-hybridized carbons (Fsp3) is 0.200. The smallest absolute Gasteiger partial charge is 0.263 e. The molecule has 1 aliphatic heterocycles. The van der Waals surface area contributed by atoms with Crippen molar-refractivity contribution >= 4 is 50.9 Å². The molecule has 2 aromatic rings. The van der Waals surface area contributed by atoms with Crippen molar-refractivity contribution in [2.75, 3.05) is 7.05 Å². The zero-order chi connectivity index (χ0) is 20.8. The predicted molar refractivity (Wildman–Crippen MR) is 116 cm³/mol. The quantitative estimate of drug-likeness (QED) is 0.647. The molecule has 9 heteroatoms. The van der Waals surface area contributed by atoms with E-state index in [9.17, 15) is 14.0 Å². The predicted octanol–water partition coefficient (Wildman–Crippen LogP) is 3.56. The Labute approximate surface area is 180 Å². The molecule has 1 aliphatic rings. The average molecular weight is 477 g/mol. The zero-order valence-electron chi connectivity index (χ0n) is 15.5. The van der Waals surface area contributed by atoms with Crippen LogP contribution >= 0.6 is 27.7 Å². The van der Waals surface area contributed by atoms with Crippen LogP contribution in [0.3, 0.4) is 0 Å². The van der Waals surface area contributed by atoms with Crippen LogP contribution in [0, 0.1) is 5.82 Å². The SMILES string of the molecule is CN=C1SC(CC(=O)NCc2ccccc2)C(=O)N1N=Cc1cc(Br)ccc1F. The summed E-state index contributed by atoms with van der Waals surface area (Å²) in [6.45, 7) is 0.393. The summed E-state index contributed by atoms with van der Waals surface area (Å²) in [5.74, 6) is -1.06. The summed E-state index contributed by atoms with van der Waals surface area (Å²) >= 11 is 4.44. The molecule has 3 rings (SSSR count). The Morgan fingerprint density at radius 3 is 2.79 bits per heavy atom. The lowest BCUT2D eigenvalue weighted by Crippen LogP contribution is -2.32. The van der Waals surface area contributed by atoms with E-state index in [0.29, 0.717) is 16.2 Å². The average Bonchev–Trinajstić information content (AvgIpc) is 3.02. The number of nitrogens with one attached hydrogen (secondary N) is 1. The van der Waals surface area contributed by atoms with Gasteiger partial charge in [-0.3, -0.25) is 14.6 Å². The highest BCUT2D eigenvalue weighted by atomic mass is 79.9. The molecule has 6 nitrogen and oxygen atoms in total. The lowest BCUT2D eigenvalue weighted by atomic mass is 10.2. The second kappa shape index (κ2) is 9.80. The molecule has 1 heterocycles. The molecule has 29 heavy (non-hydrogen) atoms. The summed E-state index contributed by atoms with van der Waals surface area (Å²) in [6, 6.07) is 14.0. The van der Waals surface area contributed by atoms with Crippen molar-refractivity contribution in [3.8, 4) is 0 Å². The van der Waals surface area contributed by atoms with Gasteiger partial charge in [0.25, 0.3) is 5.91 Å². The van der Waals surface area contributed by atoms with Gasteiger partial charge in [-0.15, -0.1) is 0 Å². The minimum Gasteiger partial charge on any atom is -0.352 e. The second-order valence-corrected chi connectivity index (χ2v) is 8.23. The Morgan fingerprint density at radius 2 is 2.07 bits per heavy atom. The molecular weight excluding hydrogens is 459 g/mol. The van der Waals surface area contributed by atoms with Crippen molar-refractivity contribution in [3.63, 3.8) is 0 Å². The summed E-state index contributed by atoms with van der Waals surface area (Å²) in [4.78, 5) is 29.0. The van der Waals surface area contributed by atoms with Gasteiger partial charge in [-0.05, 0) is 23.8 Å². The Morgan fingerprint density at radius 1 is 1.31 bits per heavy atom. The van der Waals surface area contributed by atoms with E-state index < -0.39 is 11.1 Å². The highest BCUT2D eigenvalue weighted by molar-refractivity contribution is 9.10. The molecule has 0 spiro atoms. The molecule has 0 radical (unpaired) electrons. The normalized spacial score (nSPS) is 18.0. The molecule has 1 unspecified atom stereocenters. The minimum atomic E-state index is -0.631. The van der Waals surface area contributed by atoms with E-state index in [1.165, 1.54) is 31.1 Å². The van der Waals surface area contributed by atoms with Crippen LogP contribution in [0.25, 0.3) is 0 Å². The lowest BCUT2D eigenvalue weighted by Gasteiger charge is -2.10. The first-order valence-corrected chi connectivity index (χ1v) is 10.4. The van der Waals surface area contributed by atoms with Gasteiger partial charge in [0.2, 0.25) is 5.91 Å². The maximum absolute atomic E-state index is 13.9. The molecule has 1 saturated heterocycles. The van der Waals surface area contributed by atoms with Crippen molar-refractivity contribution in [2.24, 2.45) is 10.1 Å². The number of benzene rings is 2. The van der Waals surface area contributed by atoms with Crippen molar-refractivity contribution in [1.29, 1.82) is 0 Å². The number of hydrogen-bond donors (Lipinski definition) is 1. The number of hydrazone groups is 1. The van der Waals surface area contributed by atoms with Gasteiger partial charge in [0.15, 0.2) is 5.17 Å². The molecule has 0 bridgehead atoms. The number of rotatable bonds is 6. The first-order chi connectivity index (χ1) is 14.0. The summed E-state index contributed by atoms with van der Waals surface area (Å²) in [6.07, 6.45) is 1.27. The van der Waals surface area contributed by atoms with E-state index in [1.807, 2.05) is 30.3 Å². The van der Waals surface area contributed by atoms with Crippen LogP contribution in [-0.4, -0.2) is 40.5 Å². The summed E-state index contributed by atoms with van der Waals surface area (Å²) in [5.41, 5.74) is 1.21. The monoisotopic (exact) mass is 476 g/mol. The van der Waals surface area contributed by atoms with Crippen LogP contribution in [0.1, 0.15) is 17.5 Å². The lowest BCUT2D eigenvalue weighted by molar-refractivity contribution is -0.129. The second-order valence-electron chi connectivity index (χ2n) is 6.14. The van der Waals surface area contributed by atoms with Gasteiger partial charge in [0, 0.05) is 30.0 Å². The van der Waals surface area contributed by atoms with Gasteiger partial charge in [-0.1, -0.05) is 58.0 Å². The number of amides is 2. The highest BCUT2D eigenvalue weighted by Crippen LogP contribution is 2.29. The van der Waals surface area contributed by atoms with Gasteiger partial charge in [-0.25, -0.2) is 4.39 Å². The number of nitrogens with zero attached hydrogens (tertiary/aromatic N) is 3. The molecule has 0 saturated carbocycles. The number of carbonyl (C=O) groups is 2. The van der Waals surface area contributed by atoms with Crippen LogP contribution in [0.4, 0.5) is 4.39 Å². The number of amidine groups is 1. The van der Waals surface area contributed by atoms with Crippen LogP contribution in [0.2, 0.25) is 0 Å². The molecule has 2 amide bonds. The Balaban J connectivity index is 1.64. The molecule has 2 aromatic carbocycles. The molecule has 1 fully saturated rings. The Bertz CT molecular complexity index is 968. The first-order valence-electron chi connectivity index (χ1n) is 8.75. The summed E-state index contributed by atoms with van der Waals surface area (Å²) in [7, 11) is 1.54. The number of carbonyl (C=O) groups excluding carboxylic acids is 2. The molecule has 1 atom stereocenters. The standard InChI is InChI=1S/C20H18BrFN4O2S/c1-23-20-26(25-12-14-9-15(21)7-8-16(14)22)19(28)17(29-20)10-18(27)24-11-13-5-3-2-4-6-13/h2-9,12,17H,10-11H2,1H3,(H,24,27). The van der Waals surface area contributed by atoms with E-state index in [-0.39, 0.29) is 23.8 Å². The van der Waals surface area contributed by atoms with E-state index in [4.69, 9.17) is 0 Å². The topological polar surface area (TPSA) is 74.1 Å².